The van der Waals surface area contributed by atoms with Crippen LogP contribution in [0.3, 0.4) is 0 Å². The van der Waals surface area contributed by atoms with Crippen molar-refractivity contribution in [3.8, 4) is 0 Å². The fourth-order valence-corrected chi connectivity index (χ4v) is 1.72. The molecule has 0 aliphatic carbocycles. The zero-order chi connectivity index (χ0) is 14.0. The van der Waals surface area contributed by atoms with Gasteiger partial charge in [-0.05, 0) is 19.9 Å². The van der Waals surface area contributed by atoms with Gasteiger partial charge in [0.2, 0.25) is 11.9 Å². The van der Waals surface area contributed by atoms with E-state index in [2.05, 4.69) is 20.4 Å². The van der Waals surface area contributed by atoms with E-state index in [9.17, 15) is 4.79 Å². The van der Waals surface area contributed by atoms with Crippen molar-refractivity contribution in [2.24, 2.45) is 12.8 Å². The molecule has 0 saturated carbocycles. The highest BCUT2D eigenvalue weighted by molar-refractivity contribution is 5.93. The zero-order valence-electron chi connectivity index (χ0n) is 11.1. The Morgan fingerprint density at radius 1 is 1.37 bits per heavy atom. The summed E-state index contributed by atoms with van der Waals surface area (Å²) in [7, 11) is 1.77. The van der Waals surface area contributed by atoms with E-state index in [0.29, 0.717) is 5.56 Å². The number of hydrogen-bond donors (Lipinski definition) is 2. The standard InChI is InChI=1S/C12H16N6O/c1-7-4-8(2)16-12(15-7)17-11(19)10(13)9-5-14-18(3)6-9/h4-6,10H,13H2,1-3H3,(H,15,16,17,19). The molecule has 2 aromatic heterocycles. The summed E-state index contributed by atoms with van der Waals surface area (Å²) in [6.07, 6.45) is 3.26. The predicted molar refractivity (Wildman–Crippen MR) is 70.3 cm³/mol. The number of rotatable bonds is 3. The van der Waals surface area contributed by atoms with Gasteiger partial charge in [-0.1, -0.05) is 0 Å². The molecule has 0 spiro atoms. The smallest absolute Gasteiger partial charge is 0.248 e. The Hall–Kier alpha value is -2.28. The molecule has 0 fully saturated rings. The van der Waals surface area contributed by atoms with Gasteiger partial charge in [0.15, 0.2) is 0 Å². The van der Waals surface area contributed by atoms with E-state index in [-0.39, 0.29) is 11.9 Å². The molecular formula is C12H16N6O. The van der Waals surface area contributed by atoms with Crippen LogP contribution in [0.5, 0.6) is 0 Å². The molecule has 0 aromatic carbocycles. The number of aromatic nitrogens is 4. The van der Waals surface area contributed by atoms with Gasteiger partial charge in [-0.15, -0.1) is 0 Å². The predicted octanol–water partition coefficient (Wildman–Crippen LogP) is 0.465. The second kappa shape index (κ2) is 5.15. The van der Waals surface area contributed by atoms with Crippen LogP contribution in [0.15, 0.2) is 18.5 Å². The molecular weight excluding hydrogens is 244 g/mol. The molecule has 2 aromatic rings. The SMILES string of the molecule is Cc1cc(C)nc(NC(=O)C(N)c2cnn(C)c2)n1. The molecule has 0 aliphatic rings. The van der Waals surface area contributed by atoms with E-state index in [1.54, 1.807) is 24.1 Å². The summed E-state index contributed by atoms with van der Waals surface area (Å²) in [4.78, 5) is 20.3. The number of nitrogens with one attached hydrogen (secondary N) is 1. The molecule has 100 valence electrons. The van der Waals surface area contributed by atoms with E-state index in [4.69, 9.17) is 5.73 Å². The third-order valence-corrected chi connectivity index (χ3v) is 2.58. The normalized spacial score (nSPS) is 12.2. The number of nitrogens with zero attached hydrogens (tertiary/aromatic N) is 4. The van der Waals surface area contributed by atoms with Gasteiger partial charge >= 0.3 is 0 Å². The Morgan fingerprint density at radius 3 is 2.53 bits per heavy atom. The van der Waals surface area contributed by atoms with Crippen molar-refractivity contribution in [1.29, 1.82) is 0 Å². The maximum Gasteiger partial charge on any atom is 0.248 e. The molecule has 2 heterocycles. The van der Waals surface area contributed by atoms with Gasteiger partial charge in [0, 0.05) is 30.2 Å². The number of carbonyl (C=O) groups excluding carboxylic acids is 1. The molecule has 7 nitrogen and oxygen atoms in total. The Bertz CT molecular complexity index is 586. The number of nitrogens with two attached hydrogens (primary N) is 1. The van der Waals surface area contributed by atoms with Gasteiger partial charge < -0.3 is 5.73 Å². The van der Waals surface area contributed by atoms with Crippen molar-refractivity contribution in [3.05, 3.63) is 35.4 Å². The Kier molecular flexibility index (Phi) is 3.57. The lowest BCUT2D eigenvalue weighted by Gasteiger charge is -2.10. The molecule has 2 rings (SSSR count). The Morgan fingerprint density at radius 2 is 2.00 bits per heavy atom. The Labute approximate surface area is 110 Å². The lowest BCUT2D eigenvalue weighted by Crippen LogP contribution is -2.28. The quantitative estimate of drug-likeness (QED) is 0.835. The molecule has 19 heavy (non-hydrogen) atoms. The minimum absolute atomic E-state index is 0.266. The molecule has 1 atom stereocenters. The largest absolute Gasteiger partial charge is 0.316 e. The maximum absolute atomic E-state index is 12.0. The van der Waals surface area contributed by atoms with Crippen LogP contribution in [0, 0.1) is 13.8 Å². The highest BCUT2D eigenvalue weighted by atomic mass is 16.2. The van der Waals surface area contributed by atoms with Crippen LogP contribution >= 0.6 is 0 Å². The molecule has 0 saturated heterocycles. The van der Waals surface area contributed by atoms with Crippen LogP contribution in [-0.4, -0.2) is 25.7 Å². The van der Waals surface area contributed by atoms with Gasteiger partial charge in [-0.3, -0.25) is 14.8 Å². The van der Waals surface area contributed by atoms with E-state index in [1.165, 1.54) is 0 Å². The lowest BCUT2D eigenvalue weighted by atomic mass is 10.1. The third-order valence-electron chi connectivity index (χ3n) is 2.58. The molecule has 1 amide bonds. The fraction of sp³-hybridized carbons (Fsp3) is 0.333. The van der Waals surface area contributed by atoms with Crippen molar-refractivity contribution < 1.29 is 4.79 Å². The monoisotopic (exact) mass is 260 g/mol. The van der Waals surface area contributed by atoms with Crippen LogP contribution in [0.2, 0.25) is 0 Å². The number of amides is 1. The van der Waals surface area contributed by atoms with Crippen LogP contribution in [0.25, 0.3) is 0 Å². The second-order valence-corrected chi connectivity index (χ2v) is 4.39. The van der Waals surface area contributed by atoms with Crippen molar-refractivity contribution in [3.63, 3.8) is 0 Å². The summed E-state index contributed by atoms with van der Waals surface area (Å²) >= 11 is 0. The lowest BCUT2D eigenvalue weighted by molar-refractivity contribution is -0.117. The van der Waals surface area contributed by atoms with E-state index in [1.807, 2.05) is 19.9 Å². The first kappa shape index (κ1) is 13.2. The van der Waals surface area contributed by atoms with Crippen LogP contribution in [0.1, 0.15) is 23.0 Å². The van der Waals surface area contributed by atoms with Crippen LogP contribution in [0.4, 0.5) is 5.95 Å². The summed E-state index contributed by atoms with van der Waals surface area (Å²) in [5, 5.41) is 6.59. The topological polar surface area (TPSA) is 98.7 Å². The molecule has 0 aliphatic heterocycles. The summed E-state index contributed by atoms with van der Waals surface area (Å²) in [5.74, 6) is -0.0974. The minimum atomic E-state index is -0.793. The number of aryl methyl sites for hydroxylation is 3. The molecule has 0 radical (unpaired) electrons. The van der Waals surface area contributed by atoms with E-state index < -0.39 is 6.04 Å². The summed E-state index contributed by atoms with van der Waals surface area (Å²) < 4.78 is 1.59. The number of anilines is 1. The molecule has 3 N–H and O–H groups in total. The fourth-order valence-electron chi connectivity index (χ4n) is 1.72. The first-order valence-corrected chi connectivity index (χ1v) is 5.83. The average molecular weight is 260 g/mol. The number of carbonyl (C=O) groups is 1. The number of hydrogen-bond acceptors (Lipinski definition) is 5. The molecule has 0 bridgehead atoms. The van der Waals surface area contributed by atoms with Gasteiger partial charge in [0.1, 0.15) is 6.04 Å². The second-order valence-electron chi connectivity index (χ2n) is 4.39. The van der Waals surface area contributed by atoms with E-state index in [0.717, 1.165) is 11.4 Å². The van der Waals surface area contributed by atoms with Crippen molar-refractivity contribution >= 4 is 11.9 Å². The zero-order valence-corrected chi connectivity index (χ0v) is 11.1. The van der Waals surface area contributed by atoms with Crippen LogP contribution in [-0.2, 0) is 11.8 Å². The van der Waals surface area contributed by atoms with Gasteiger partial charge in [0.25, 0.3) is 0 Å². The average Bonchev–Trinajstić information content (AvgIpc) is 2.73. The van der Waals surface area contributed by atoms with E-state index >= 15 is 0 Å². The maximum atomic E-state index is 12.0. The van der Waals surface area contributed by atoms with Crippen molar-refractivity contribution in [2.45, 2.75) is 19.9 Å². The van der Waals surface area contributed by atoms with Gasteiger partial charge in [-0.2, -0.15) is 5.10 Å². The highest BCUT2D eigenvalue weighted by Crippen LogP contribution is 2.11. The summed E-state index contributed by atoms with van der Waals surface area (Å²) in [5.41, 5.74) is 8.08. The van der Waals surface area contributed by atoms with Gasteiger partial charge in [-0.25, -0.2) is 9.97 Å². The Balaban J connectivity index is 2.12. The van der Waals surface area contributed by atoms with Gasteiger partial charge in [0.05, 0.1) is 6.20 Å². The molecule has 1 unspecified atom stereocenters. The summed E-state index contributed by atoms with van der Waals surface area (Å²) in [6.45, 7) is 3.68. The molecule has 7 heteroatoms. The van der Waals surface area contributed by atoms with Crippen LogP contribution < -0.4 is 11.1 Å². The minimum Gasteiger partial charge on any atom is -0.316 e. The summed E-state index contributed by atoms with van der Waals surface area (Å²) in [6, 6.07) is 1.04. The van der Waals surface area contributed by atoms with Crippen molar-refractivity contribution in [1.82, 2.24) is 19.7 Å². The third kappa shape index (κ3) is 3.14. The first-order chi connectivity index (χ1) is 8.95. The van der Waals surface area contributed by atoms with Crippen molar-refractivity contribution in [2.75, 3.05) is 5.32 Å². The highest BCUT2D eigenvalue weighted by Gasteiger charge is 2.18. The first-order valence-electron chi connectivity index (χ1n) is 5.83.